The summed E-state index contributed by atoms with van der Waals surface area (Å²) in [7, 11) is -2.99. The summed E-state index contributed by atoms with van der Waals surface area (Å²) in [5, 5.41) is 3.71. The fourth-order valence-electron chi connectivity index (χ4n) is 4.18. The maximum absolute atomic E-state index is 14.6. The van der Waals surface area contributed by atoms with Crippen molar-refractivity contribution in [3.05, 3.63) is 58.8 Å². The normalized spacial score (nSPS) is 17.6. The Bertz CT molecular complexity index is 1250. The number of hydrogen-bond donors (Lipinski definition) is 1. The van der Waals surface area contributed by atoms with E-state index in [2.05, 4.69) is 20.3 Å². The molecular weight excluding hydrogens is 441 g/mol. The van der Waals surface area contributed by atoms with Crippen molar-refractivity contribution in [2.75, 3.05) is 16.8 Å². The summed E-state index contributed by atoms with van der Waals surface area (Å²) < 4.78 is 64.4. The first-order valence-corrected chi connectivity index (χ1v) is 12.1. The number of rotatable bonds is 5. The summed E-state index contributed by atoms with van der Waals surface area (Å²) in [6.07, 6.45) is -0.525. The molecule has 10 heteroatoms. The van der Waals surface area contributed by atoms with E-state index in [1.807, 2.05) is 13.0 Å². The van der Waals surface area contributed by atoms with Crippen molar-refractivity contribution in [2.24, 2.45) is 0 Å². The highest BCUT2D eigenvalue weighted by molar-refractivity contribution is 7.91. The van der Waals surface area contributed by atoms with E-state index in [1.165, 1.54) is 18.5 Å². The molecule has 0 amide bonds. The second-order valence-corrected chi connectivity index (χ2v) is 10.4. The Balaban J connectivity index is 1.69. The third-order valence-electron chi connectivity index (χ3n) is 5.96. The summed E-state index contributed by atoms with van der Waals surface area (Å²) in [5.41, 5.74) is 1.61. The molecule has 0 unspecified atom stereocenters. The van der Waals surface area contributed by atoms with Crippen molar-refractivity contribution < 1.29 is 21.6 Å². The summed E-state index contributed by atoms with van der Waals surface area (Å²) >= 11 is 0. The van der Waals surface area contributed by atoms with Crippen LogP contribution in [0.4, 0.5) is 19.0 Å². The fraction of sp³-hybridized carbons (Fsp3) is 0.409. The topological polar surface area (TPSA) is 84.8 Å². The van der Waals surface area contributed by atoms with Crippen LogP contribution >= 0.6 is 0 Å². The third-order valence-corrected chi connectivity index (χ3v) is 7.68. The number of anilines is 1. The Morgan fingerprint density at radius 2 is 1.81 bits per heavy atom. The Labute approximate surface area is 184 Å². The molecule has 0 spiro atoms. The molecule has 32 heavy (non-hydrogen) atoms. The highest BCUT2D eigenvalue weighted by Crippen LogP contribution is 2.34. The van der Waals surface area contributed by atoms with Gasteiger partial charge in [0.15, 0.2) is 5.65 Å². The van der Waals surface area contributed by atoms with Gasteiger partial charge in [0.25, 0.3) is 6.43 Å². The Morgan fingerprint density at radius 3 is 2.50 bits per heavy atom. The van der Waals surface area contributed by atoms with Crippen LogP contribution in [0.15, 0.2) is 30.6 Å². The molecule has 3 aromatic rings. The first-order valence-electron chi connectivity index (χ1n) is 10.3. The van der Waals surface area contributed by atoms with Crippen LogP contribution in [0.2, 0.25) is 0 Å². The van der Waals surface area contributed by atoms with Crippen LogP contribution in [0.1, 0.15) is 60.5 Å². The summed E-state index contributed by atoms with van der Waals surface area (Å²) in [5.74, 6) is -0.202. The molecule has 1 atom stereocenters. The smallest absolute Gasteiger partial charge is 0.266 e. The lowest BCUT2D eigenvalue weighted by atomic mass is 9.91. The number of alkyl halides is 2. The molecular formula is C22H23F3N4O2S. The second-order valence-electron chi connectivity index (χ2n) is 8.10. The van der Waals surface area contributed by atoms with Gasteiger partial charge in [-0.1, -0.05) is 18.2 Å². The van der Waals surface area contributed by atoms with Gasteiger partial charge in [0, 0.05) is 11.3 Å². The van der Waals surface area contributed by atoms with Gasteiger partial charge >= 0.3 is 0 Å². The number of hydrogen-bond acceptors (Lipinski definition) is 6. The Morgan fingerprint density at radius 1 is 1.12 bits per heavy atom. The van der Waals surface area contributed by atoms with Crippen LogP contribution in [0, 0.1) is 12.7 Å². The first kappa shape index (κ1) is 22.4. The number of fused-ring (bicyclic) bond motifs is 1. The number of nitrogens with one attached hydrogen (secondary N) is 1. The summed E-state index contributed by atoms with van der Waals surface area (Å²) in [4.78, 5) is 13.1. The highest BCUT2D eigenvalue weighted by Gasteiger charge is 2.27. The van der Waals surface area contributed by atoms with Gasteiger partial charge in [-0.25, -0.2) is 36.5 Å². The lowest BCUT2D eigenvalue weighted by Gasteiger charge is -2.24. The number of sulfone groups is 1. The monoisotopic (exact) mass is 464 g/mol. The number of aromatic nitrogens is 3. The molecule has 0 aliphatic carbocycles. The van der Waals surface area contributed by atoms with Crippen molar-refractivity contribution in [2.45, 2.75) is 45.1 Å². The van der Waals surface area contributed by atoms with Gasteiger partial charge in [0.2, 0.25) is 0 Å². The maximum Gasteiger partial charge on any atom is 0.266 e. The molecule has 1 aliphatic rings. The summed E-state index contributed by atoms with van der Waals surface area (Å²) in [6, 6.07) is 5.19. The second kappa shape index (κ2) is 8.65. The predicted molar refractivity (Wildman–Crippen MR) is 116 cm³/mol. The minimum absolute atomic E-state index is 0.0565. The maximum atomic E-state index is 14.6. The molecule has 1 N–H and O–H groups in total. The number of pyridine rings is 1. The van der Waals surface area contributed by atoms with Crippen LogP contribution in [0.25, 0.3) is 11.0 Å². The van der Waals surface area contributed by atoms with Crippen LogP contribution in [0.5, 0.6) is 0 Å². The van der Waals surface area contributed by atoms with Gasteiger partial charge in [0.1, 0.15) is 27.8 Å². The van der Waals surface area contributed by atoms with E-state index in [9.17, 15) is 21.6 Å². The molecule has 1 aromatic carbocycles. The first-order chi connectivity index (χ1) is 15.2. The molecule has 0 bridgehead atoms. The SMILES string of the molecule is Cc1nc2ncnc(N[C@H](C)c3cccc(C(F)F)c3F)c2cc1C1CCS(=O)(=O)CC1. The average Bonchev–Trinajstić information content (AvgIpc) is 2.73. The zero-order valence-electron chi connectivity index (χ0n) is 17.6. The minimum Gasteiger partial charge on any atom is -0.363 e. The van der Waals surface area contributed by atoms with E-state index in [0.29, 0.717) is 29.7 Å². The van der Waals surface area contributed by atoms with E-state index >= 15 is 0 Å². The Kier molecular flexibility index (Phi) is 6.07. The van der Waals surface area contributed by atoms with Crippen molar-refractivity contribution in [1.29, 1.82) is 0 Å². The number of nitrogens with zero attached hydrogens (tertiary/aromatic N) is 3. The van der Waals surface area contributed by atoms with E-state index in [0.717, 1.165) is 17.3 Å². The van der Waals surface area contributed by atoms with Gasteiger partial charge in [-0.05, 0) is 44.2 Å². The molecule has 2 aromatic heterocycles. The average molecular weight is 465 g/mol. The van der Waals surface area contributed by atoms with E-state index in [-0.39, 0.29) is 23.0 Å². The van der Waals surface area contributed by atoms with Gasteiger partial charge in [-0.3, -0.25) is 0 Å². The molecule has 0 saturated carbocycles. The summed E-state index contributed by atoms with van der Waals surface area (Å²) in [6.45, 7) is 3.52. The molecule has 3 heterocycles. The largest absolute Gasteiger partial charge is 0.363 e. The zero-order valence-corrected chi connectivity index (χ0v) is 18.5. The molecule has 4 rings (SSSR count). The molecule has 6 nitrogen and oxygen atoms in total. The van der Waals surface area contributed by atoms with Crippen molar-refractivity contribution in [3.8, 4) is 0 Å². The van der Waals surface area contributed by atoms with Crippen molar-refractivity contribution in [3.63, 3.8) is 0 Å². The van der Waals surface area contributed by atoms with Crippen molar-refractivity contribution in [1.82, 2.24) is 15.0 Å². The molecule has 1 aliphatic heterocycles. The van der Waals surface area contributed by atoms with E-state index in [1.54, 1.807) is 6.92 Å². The fourth-order valence-corrected chi connectivity index (χ4v) is 5.67. The molecule has 0 radical (unpaired) electrons. The predicted octanol–water partition coefficient (Wildman–Crippen LogP) is 4.88. The number of halogens is 3. The van der Waals surface area contributed by atoms with E-state index in [4.69, 9.17) is 0 Å². The molecule has 170 valence electrons. The lowest BCUT2D eigenvalue weighted by Crippen LogP contribution is -2.22. The number of aryl methyl sites for hydroxylation is 1. The van der Waals surface area contributed by atoms with Gasteiger partial charge in [0.05, 0.1) is 28.5 Å². The highest BCUT2D eigenvalue weighted by atomic mass is 32.2. The van der Waals surface area contributed by atoms with Crippen LogP contribution in [-0.2, 0) is 9.84 Å². The third kappa shape index (κ3) is 4.41. The quantitative estimate of drug-likeness (QED) is 0.580. The standard InChI is InChI=1S/C22H23F3N4O2S/c1-12(15-4-3-5-16(19(15)23)20(24)25)28-21-18-10-17(13(2)29-22(18)27-11-26-21)14-6-8-32(30,31)9-7-14/h3-5,10-12,14,20H,6-9H2,1-2H3,(H,26,27,28,29)/t12-/m1/s1. The lowest BCUT2D eigenvalue weighted by molar-refractivity contribution is 0.146. The minimum atomic E-state index is -2.99. The van der Waals surface area contributed by atoms with Crippen LogP contribution < -0.4 is 5.32 Å². The number of benzene rings is 1. The zero-order chi connectivity index (χ0) is 23.0. The molecule has 1 fully saturated rings. The molecule has 1 saturated heterocycles. The Hall–Kier alpha value is -2.75. The van der Waals surface area contributed by atoms with Crippen molar-refractivity contribution >= 4 is 26.7 Å². The van der Waals surface area contributed by atoms with Gasteiger partial charge < -0.3 is 5.32 Å². The van der Waals surface area contributed by atoms with Crippen LogP contribution in [0.3, 0.4) is 0 Å². The van der Waals surface area contributed by atoms with Gasteiger partial charge in [-0.15, -0.1) is 0 Å². The van der Waals surface area contributed by atoms with Crippen LogP contribution in [-0.4, -0.2) is 34.9 Å². The van der Waals surface area contributed by atoms with Gasteiger partial charge in [-0.2, -0.15) is 0 Å². The van der Waals surface area contributed by atoms with E-state index < -0.39 is 33.7 Å².